The maximum absolute atomic E-state index is 13.1. The summed E-state index contributed by atoms with van der Waals surface area (Å²) >= 11 is 0. The molecule has 168 valence electrons. The van der Waals surface area contributed by atoms with Crippen LogP contribution in [-0.2, 0) is 11.2 Å². The molecule has 2 N–H and O–H groups in total. The first-order chi connectivity index (χ1) is 16.2. The Bertz CT molecular complexity index is 1270. The molecule has 4 aromatic rings. The van der Waals surface area contributed by atoms with Gasteiger partial charge in [-0.25, -0.2) is 4.52 Å². The normalized spacial score (nSPS) is 18.2. The lowest BCUT2D eigenvalue weighted by Gasteiger charge is -2.24. The lowest BCUT2D eigenvalue weighted by Crippen LogP contribution is -2.37. The first kappa shape index (κ1) is 20.0. The van der Waals surface area contributed by atoms with E-state index in [1.807, 2.05) is 41.0 Å². The van der Waals surface area contributed by atoms with Crippen LogP contribution in [0.1, 0.15) is 49.3 Å². The molecular weight excluding hydrogens is 414 g/mol. The molecule has 1 aromatic carbocycles. The van der Waals surface area contributed by atoms with Gasteiger partial charge in [-0.3, -0.25) is 9.89 Å². The zero-order chi connectivity index (χ0) is 22.2. The fourth-order valence-electron chi connectivity index (χ4n) is 4.68. The summed E-state index contributed by atoms with van der Waals surface area (Å²) in [6.07, 6.45) is 7.44. The smallest absolute Gasteiger partial charge is 0.246 e. The molecule has 0 bridgehead atoms. The van der Waals surface area contributed by atoms with Crippen molar-refractivity contribution in [2.24, 2.45) is 0 Å². The highest BCUT2D eigenvalue weighted by Gasteiger charge is 2.33. The van der Waals surface area contributed by atoms with Gasteiger partial charge in [-0.2, -0.15) is 10.1 Å². The van der Waals surface area contributed by atoms with Crippen LogP contribution in [0.3, 0.4) is 0 Å². The predicted octanol–water partition coefficient (Wildman–Crippen LogP) is 4.24. The van der Waals surface area contributed by atoms with Gasteiger partial charge in [-0.05, 0) is 49.8 Å². The summed E-state index contributed by atoms with van der Waals surface area (Å²) in [6, 6.07) is 16.0. The minimum atomic E-state index is -0.179. The Hall–Kier alpha value is -3.68. The molecule has 33 heavy (non-hydrogen) atoms. The van der Waals surface area contributed by atoms with Crippen molar-refractivity contribution in [3.8, 4) is 0 Å². The molecule has 8 heteroatoms. The molecule has 0 radical (unpaired) electrons. The fourth-order valence-corrected chi connectivity index (χ4v) is 4.68. The molecule has 1 aliphatic carbocycles. The van der Waals surface area contributed by atoms with Gasteiger partial charge in [0.1, 0.15) is 5.52 Å². The number of hydrogen-bond acceptors (Lipinski definition) is 6. The third-order valence-electron chi connectivity index (χ3n) is 6.63. The molecule has 0 amide bonds. The van der Waals surface area contributed by atoms with E-state index in [1.165, 1.54) is 24.1 Å². The molecule has 6 rings (SSSR count). The highest BCUT2D eigenvalue weighted by Crippen LogP contribution is 2.39. The second-order valence-electron chi connectivity index (χ2n) is 9.01. The number of hydrogen-bond donors (Lipinski definition) is 2. The Labute approximate surface area is 192 Å². The van der Waals surface area contributed by atoms with Crippen LogP contribution in [0.5, 0.6) is 0 Å². The van der Waals surface area contributed by atoms with Crippen LogP contribution in [0.15, 0.2) is 54.7 Å². The van der Waals surface area contributed by atoms with Crippen LogP contribution in [0.25, 0.3) is 5.52 Å². The predicted molar refractivity (Wildman–Crippen MR) is 127 cm³/mol. The Morgan fingerprint density at radius 3 is 2.85 bits per heavy atom. The maximum atomic E-state index is 13.1. The Kier molecular flexibility index (Phi) is 5.05. The highest BCUT2D eigenvalue weighted by atomic mass is 16.1. The van der Waals surface area contributed by atoms with Crippen molar-refractivity contribution in [2.75, 3.05) is 16.8 Å². The average molecular weight is 442 g/mol. The monoisotopic (exact) mass is 441 g/mol. The van der Waals surface area contributed by atoms with Crippen molar-refractivity contribution in [3.05, 3.63) is 66.0 Å². The third kappa shape index (κ3) is 4.08. The van der Waals surface area contributed by atoms with Crippen LogP contribution >= 0.6 is 0 Å². The summed E-state index contributed by atoms with van der Waals surface area (Å²) in [5.74, 6) is 2.88. The molecular formula is C25H27N7O. The summed E-state index contributed by atoms with van der Waals surface area (Å²) < 4.78 is 1.82. The van der Waals surface area contributed by atoms with Crippen LogP contribution in [-0.4, -0.2) is 43.2 Å². The number of aryl methyl sites for hydroxylation is 1. The highest BCUT2D eigenvalue weighted by molar-refractivity contribution is 5.87. The topological polar surface area (TPSA) is 91.2 Å². The zero-order valence-corrected chi connectivity index (χ0v) is 18.4. The van der Waals surface area contributed by atoms with Gasteiger partial charge in [0, 0.05) is 36.8 Å². The van der Waals surface area contributed by atoms with Gasteiger partial charge in [0.15, 0.2) is 17.4 Å². The van der Waals surface area contributed by atoms with E-state index >= 15 is 0 Å². The van der Waals surface area contributed by atoms with E-state index in [9.17, 15) is 4.79 Å². The number of aromatic nitrogens is 5. The number of nitrogens with one attached hydrogen (secondary N) is 2. The number of Topliss-reactive ketones (excluding diaryl/α,β-unsaturated/α-hetero) is 1. The van der Waals surface area contributed by atoms with Crippen molar-refractivity contribution in [1.82, 2.24) is 24.8 Å². The van der Waals surface area contributed by atoms with E-state index in [-0.39, 0.29) is 11.8 Å². The summed E-state index contributed by atoms with van der Waals surface area (Å²) in [7, 11) is 0. The third-order valence-corrected chi connectivity index (χ3v) is 6.63. The van der Waals surface area contributed by atoms with E-state index in [4.69, 9.17) is 10.1 Å². The number of H-pyrrole nitrogens is 1. The number of benzene rings is 1. The Morgan fingerprint density at radius 1 is 1.12 bits per heavy atom. The van der Waals surface area contributed by atoms with Crippen LogP contribution in [0.4, 0.5) is 17.6 Å². The number of aromatic amines is 1. The van der Waals surface area contributed by atoms with E-state index in [2.05, 4.69) is 38.6 Å². The molecule has 2 aliphatic rings. The van der Waals surface area contributed by atoms with Crippen molar-refractivity contribution < 1.29 is 4.79 Å². The Morgan fingerprint density at radius 2 is 2.00 bits per heavy atom. The molecule has 1 atom stereocenters. The first-order valence-electron chi connectivity index (χ1n) is 11.8. The standard InChI is InChI=1S/C25H27N7O/c33-22(13-10-17-6-2-1-3-7-17)20-8-4-14-31(20)25-27-24(21-9-5-15-32(21)30-25)26-23-16-19(28-29-23)18-11-12-18/h1-3,5-7,9,15-16,18,20H,4,8,10-14H2,(H2,26,27,28,29,30)/t20-/m0/s1. The number of carbonyl (C=O) groups excluding carboxylic acids is 1. The average Bonchev–Trinajstić information content (AvgIpc) is 3.22. The maximum Gasteiger partial charge on any atom is 0.246 e. The molecule has 2 fully saturated rings. The van der Waals surface area contributed by atoms with Gasteiger partial charge in [0.05, 0.1) is 6.04 Å². The van der Waals surface area contributed by atoms with Gasteiger partial charge in [-0.15, -0.1) is 5.10 Å². The first-order valence-corrected chi connectivity index (χ1v) is 11.8. The summed E-state index contributed by atoms with van der Waals surface area (Å²) in [6.45, 7) is 0.780. The number of carbonyl (C=O) groups is 1. The lowest BCUT2D eigenvalue weighted by molar-refractivity contribution is -0.120. The van der Waals surface area contributed by atoms with Gasteiger partial charge in [0.2, 0.25) is 5.95 Å². The molecule has 1 aliphatic heterocycles. The van der Waals surface area contributed by atoms with Gasteiger partial charge >= 0.3 is 0 Å². The number of anilines is 3. The van der Waals surface area contributed by atoms with Crippen LogP contribution in [0, 0.1) is 0 Å². The van der Waals surface area contributed by atoms with Gasteiger partial charge in [0.25, 0.3) is 0 Å². The van der Waals surface area contributed by atoms with E-state index in [0.717, 1.165) is 37.1 Å². The molecule has 1 saturated carbocycles. The second-order valence-corrected chi connectivity index (χ2v) is 9.01. The Balaban J connectivity index is 1.24. The molecule has 0 spiro atoms. The summed E-state index contributed by atoms with van der Waals surface area (Å²) in [4.78, 5) is 20.0. The second kappa shape index (κ2) is 8.35. The quantitative estimate of drug-likeness (QED) is 0.425. The number of rotatable bonds is 8. The number of nitrogens with zero attached hydrogens (tertiary/aromatic N) is 5. The lowest BCUT2D eigenvalue weighted by atomic mass is 10.0. The minimum Gasteiger partial charge on any atom is -0.329 e. The number of fused-ring (bicyclic) bond motifs is 1. The van der Waals surface area contributed by atoms with Crippen molar-refractivity contribution in [3.63, 3.8) is 0 Å². The molecule has 3 aromatic heterocycles. The minimum absolute atomic E-state index is 0.179. The van der Waals surface area contributed by atoms with Gasteiger partial charge < -0.3 is 10.2 Å². The molecule has 1 saturated heterocycles. The van der Waals surface area contributed by atoms with Gasteiger partial charge in [-0.1, -0.05) is 30.3 Å². The van der Waals surface area contributed by atoms with E-state index in [1.54, 1.807) is 0 Å². The van der Waals surface area contributed by atoms with E-state index < -0.39 is 0 Å². The molecule has 0 unspecified atom stereocenters. The number of ketones is 1. The molecule has 4 heterocycles. The van der Waals surface area contributed by atoms with Crippen LogP contribution in [0.2, 0.25) is 0 Å². The van der Waals surface area contributed by atoms with E-state index in [0.29, 0.717) is 24.1 Å². The molecule has 8 nitrogen and oxygen atoms in total. The van der Waals surface area contributed by atoms with Crippen molar-refractivity contribution in [2.45, 2.75) is 50.5 Å². The SMILES string of the molecule is O=C(CCc1ccccc1)[C@@H]1CCCN1c1nc(Nc2cc(C3CC3)[nH]n2)c2cccn2n1. The fraction of sp³-hybridized carbons (Fsp3) is 0.360. The zero-order valence-electron chi connectivity index (χ0n) is 18.4. The summed E-state index contributed by atoms with van der Waals surface area (Å²) in [5.41, 5.74) is 3.24. The van der Waals surface area contributed by atoms with Crippen molar-refractivity contribution >= 4 is 28.9 Å². The summed E-state index contributed by atoms with van der Waals surface area (Å²) in [5, 5.41) is 15.6. The van der Waals surface area contributed by atoms with Crippen molar-refractivity contribution in [1.29, 1.82) is 0 Å². The largest absolute Gasteiger partial charge is 0.329 e. The van der Waals surface area contributed by atoms with Crippen LogP contribution < -0.4 is 10.2 Å².